The second-order valence-corrected chi connectivity index (χ2v) is 8.06. The Labute approximate surface area is 135 Å². The number of hydrogen-bond donors (Lipinski definition) is 0. The average molecular weight is 337 g/mol. The zero-order valence-corrected chi connectivity index (χ0v) is 14.1. The fraction of sp³-hybridized carbons (Fsp3) is 0.375. The summed E-state index contributed by atoms with van der Waals surface area (Å²) in [5.41, 5.74) is 0. The molecule has 4 nitrogen and oxygen atoms in total. The lowest BCUT2D eigenvalue weighted by molar-refractivity contribution is 0.340. The molecule has 2 heterocycles. The highest BCUT2D eigenvalue weighted by Gasteiger charge is 2.36. The number of ether oxygens (including phenoxy) is 1. The molecule has 0 radical (unpaired) electrons. The minimum atomic E-state index is -3.46. The molecule has 0 bridgehead atoms. The van der Waals surface area contributed by atoms with Crippen molar-refractivity contribution in [2.75, 3.05) is 13.2 Å². The Morgan fingerprint density at radius 3 is 2.68 bits per heavy atom. The molecule has 0 spiro atoms. The molecule has 1 fully saturated rings. The highest BCUT2D eigenvalue weighted by molar-refractivity contribution is 7.89. The lowest BCUT2D eigenvalue weighted by atomic mass is 10.2. The van der Waals surface area contributed by atoms with Crippen molar-refractivity contribution in [3.63, 3.8) is 0 Å². The van der Waals surface area contributed by atoms with Gasteiger partial charge in [0.15, 0.2) is 0 Å². The molecule has 22 heavy (non-hydrogen) atoms. The Bertz CT molecular complexity index is 708. The predicted octanol–water partition coefficient (Wildman–Crippen LogP) is 3.67. The fourth-order valence-electron chi connectivity index (χ4n) is 2.80. The highest BCUT2D eigenvalue weighted by atomic mass is 32.2. The number of benzene rings is 1. The van der Waals surface area contributed by atoms with Gasteiger partial charge in [-0.2, -0.15) is 4.31 Å². The van der Waals surface area contributed by atoms with Crippen molar-refractivity contribution >= 4 is 21.4 Å². The van der Waals surface area contributed by atoms with Crippen LogP contribution in [-0.4, -0.2) is 25.9 Å². The van der Waals surface area contributed by atoms with Crippen LogP contribution >= 0.6 is 11.3 Å². The van der Waals surface area contributed by atoms with E-state index in [0.29, 0.717) is 23.8 Å². The zero-order chi connectivity index (χ0) is 15.6. The maximum absolute atomic E-state index is 12.9. The second-order valence-electron chi connectivity index (χ2n) is 5.19. The van der Waals surface area contributed by atoms with Crippen molar-refractivity contribution in [2.24, 2.45) is 0 Å². The van der Waals surface area contributed by atoms with E-state index in [4.69, 9.17) is 4.74 Å². The minimum Gasteiger partial charge on any atom is -0.494 e. The van der Waals surface area contributed by atoms with Crippen molar-refractivity contribution in [3.8, 4) is 5.75 Å². The summed E-state index contributed by atoms with van der Waals surface area (Å²) in [6.07, 6.45) is 1.79. The van der Waals surface area contributed by atoms with Gasteiger partial charge in [0.05, 0.1) is 17.5 Å². The lowest BCUT2D eigenvalue weighted by Crippen LogP contribution is -2.30. The topological polar surface area (TPSA) is 46.6 Å². The first-order valence-electron chi connectivity index (χ1n) is 7.41. The van der Waals surface area contributed by atoms with E-state index in [1.165, 1.54) is 0 Å². The van der Waals surface area contributed by atoms with Crippen molar-refractivity contribution in [2.45, 2.75) is 30.7 Å². The van der Waals surface area contributed by atoms with E-state index in [2.05, 4.69) is 0 Å². The molecule has 118 valence electrons. The van der Waals surface area contributed by atoms with Gasteiger partial charge in [-0.1, -0.05) is 6.07 Å². The summed E-state index contributed by atoms with van der Waals surface area (Å²) in [6.45, 7) is 3.05. The van der Waals surface area contributed by atoms with Crippen LogP contribution < -0.4 is 4.74 Å². The largest absolute Gasteiger partial charge is 0.494 e. The van der Waals surface area contributed by atoms with Crippen LogP contribution in [0.15, 0.2) is 46.7 Å². The van der Waals surface area contributed by atoms with Gasteiger partial charge in [-0.15, -0.1) is 11.3 Å². The van der Waals surface area contributed by atoms with Gasteiger partial charge < -0.3 is 4.74 Å². The monoisotopic (exact) mass is 337 g/mol. The molecule has 3 rings (SSSR count). The van der Waals surface area contributed by atoms with Crippen LogP contribution in [0.5, 0.6) is 5.75 Å². The SMILES string of the molecule is CCOc1ccc(S(=O)(=O)N2CCC[C@H]2c2cccs2)cc1. The number of hydrogen-bond acceptors (Lipinski definition) is 4. The first-order valence-corrected chi connectivity index (χ1v) is 9.73. The smallest absolute Gasteiger partial charge is 0.243 e. The molecular weight excluding hydrogens is 318 g/mol. The normalized spacial score (nSPS) is 19.4. The van der Waals surface area contributed by atoms with Crippen LogP contribution in [0, 0.1) is 0 Å². The minimum absolute atomic E-state index is 0.0310. The Hall–Kier alpha value is -1.37. The van der Waals surface area contributed by atoms with Gasteiger partial charge in [-0.05, 0) is 55.5 Å². The molecule has 1 saturated heterocycles. The molecule has 1 aromatic heterocycles. The molecule has 1 aliphatic heterocycles. The molecule has 1 atom stereocenters. The summed E-state index contributed by atoms with van der Waals surface area (Å²) in [5.74, 6) is 0.692. The van der Waals surface area contributed by atoms with Crippen LogP contribution in [0.2, 0.25) is 0 Å². The Balaban J connectivity index is 1.88. The second kappa shape index (κ2) is 6.40. The first kappa shape index (κ1) is 15.5. The average Bonchev–Trinajstić information content (AvgIpc) is 3.19. The van der Waals surface area contributed by atoms with Crippen LogP contribution in [0.25, 0.3) is 0 Å². The van der Waals surface area contributed by atoms with Crippen molar-refractivity contribution in [1.82, 2.24) is 4.31 Å². The van der Waals surface area contributed by atoms with E-state index in [0.717, 1.165) is 17.7 Å². The number of rotatable bonds is 5. The third-order valence-corrected chi connectivity index (χ3v) is 6.71. The summed E-state index contributed by atoms with van der Waals surface area (Å²) in [5, 5.41) is 2.00. The first-order chi connectivity index (χ1) is 10.6. The molecule has 2 aromatic rings. The fourth-order valence-corrected chi connectivity index (χ4v) is 5.42. The van der Waals surface area contributed by atoms with Crippen LogP contribution in [-0.2, 0) is 10.0 Å². The van der Waals surface area contributed by atoms with E-state index in [1.54, 1.807) is 39.9 Å². The molecule has 0 unspecified atom stereocenters. The van der Waals surface area contributed by atoms with Crippen molar-refractivity contribution in [1.29, 1.82) is 0 Å². The van der Waals surface area contributed by atoms with Crippen molar-refractivity contribution in [3.05, 3.63) is 46.7 Å². The number of nitrogens with zero attached hydrogens (tertiary/aromatic N) is 1. The van der Waals surface area contributed by atoms with E-state index in [1.807, 2.05) is 24.4 Å². The third-order valence-electron chi connectivity index (χ3n) is 3.82. The third kappa shape index (κ3) is 2.91. The van der Waals surface area contributed by atoms with E-state index >= 15 is 0 Å². The van der Waals surface area contributed by atoms with Gasteiger partial charge in [0.2, 0.25) is 10.0 Å². The lowest BCUT2D eigenvalue weighted by Gasteiger charge is -2.23. The maximum Gasteiger partial charge on any atom is 0.243 e. The van der Waals surface area contributed by atoms with E-state index in [9.17, 15) is 8.42 Å². The predicted molar refractivity (Wildman–Crippen MR) is 87.8 cm³/mol. The highest BCUT2D eigenvalue weighted by Crippen LogP contribution is 2.38. The summed E-state index contributed by atoms with van der Waals surface area (Å²) >= 11 is 1.62. The molecule has 0 saturated carbocycles. The zero-order valence-electron chi connectivity index (χ0n) is 12.4. The van der Waals surface area contributed by atoms with Gasteiger partial charge in [0, 0.05) is 11.4 Å². The molecule has 1 aliphatic rings. The molecule has 0 amide bonds. The van der Waals surface area contributed by atoms with Crippen LogP contribution in [0.4, 0.5) is 0 Å². The van der Waals surface area contributed by atoms with Crippen LogP contribution in [0.1, 0.15) is 30.7 Å². The summed E-state index contributed by atoms with van der Waals surface area (Å²) in [6, 6.07) is 10.6. The maximum atomic E-state index is 12.9. The Morgan fingerprint density at radius 2 is 2.05 bits per heavy atom. The standard InChI is InChI=1S/C16H19NO3S2/c1-2-20-13-7-9-14(10-8-13)22(18,19)17-11-3-5-15(17)16-6-4-12-21-16/h4,6-10,12,15H,2-3,5,11H2,1H3/t15-/m0/s1. The summed E-state index contributed by atoms with van der Waals surface area (Å²) in [4.78, 5) is 1.45. The summed E-state index contributed by atoms with van der Waals surface area (Å²) < 4.78 is 32.8. The number of sulfonamides is 1. The molecular formula is C16H19NO3S2. The van der Waals surface area contributed by atoms with Gasteiger partial charge in [-0.3, -0.25) is 0 Å². The molecule has 0 N–H and O–H groups in total. The molecule has 1 aromatic carbocycles. The number of thiophene rings is 1. The van der Waals surface area contributed by atoms with E-state index in [-0.39, 0.29) is 6.04 Å². The van der Waals surface area contributed by atoms with Gasteiger partial charge in [0.25, 0.3) is 0 Å². The molecule has 0 aliphatic carbocycles. The van der Waals surface area contributed by atoms with Gasteiger partial charge in [-0.25, -0.2) is 8.42 Å². The van der Waals surface area contributed by atoms with Gasteiger partial charge in [0.1, 0.15) is 5.75 Å². The van der Waals surface area contributed by atoms with Crippen LogP contribution in [0.3, 0.4) is 0 Å². The Morgan fingerprint density at radius 1 is 1.27 bits per heavy atom. The van der Waals surface area contributed by atoms with E-state index < -0.39 is 10.0 Å². The Kier molecular flexibility index (Phi) is 4.52. The van der Waals surface area contributed by atoms with Crippen molar-refractivity contribution < 1.29 is 13.2 Å². The molecule has 6 heteroatoms. The van der Waals surface area contributed by atoms with Gasteiger partial charge >= 0.3 is 0 Å². The quantitative estimate of drug-likeness (QED) is 0.836. The summed E-state index contributed by atoms with van der Waals surface area (Å²) in [7, 11) is -3.46.